The van der Waals surface area contributed by atoms with Crippen molar-refractivity contribution in [1.29, 1.82) is 0 Å². The molecule has 0 aromatic heterocycles. The van der Waals surface area contributed by atoms with Crippen molar-refractivity contribution in [3.63, 3.8) is 0 Å². The summed E-state index contributed by atoms with van der Waals surface area (Å²) in [5, 5.41) is 4.26. The largest absolute Gasteiger partial charge is 0.320 e. The lowest BCUT2D eigenvalue weighted by atomic mass is 9.92. The smallest absolute Gasteiger partial charge is 0.243 e. The number of nitrogens with zero attached hydrogens (tertiary/aromatic N) is 3. The van der Waals surface area contributed by atoms with E-state index in [0.717, 1.165) is 38.9 Å². The Kier molecular flexibility index (Phi) is 8.17. The third-order valence-electron chi connectivity index (χ3n) is 8.77. The van der Waals surface area contributed by atoms with Crippen LogP contribution >= 0.6 is 11.6 Å². The molecule has 2 aromatic carbocycles. The minimum atomic E-state index is -3.62. The van der Waals surface area contributed by atoms with E-state index in [4.69, 9.17) is 11.6 Å². The van der Waals surface area contributed by atoms with E-state index in [1.807, 2.05) is 6.07 Å². The quantitative estimate of drug-likeness (QED) is 0.547. The number of carbonyl (C=O) groups is 1. The Bertz CT molecular complexity index is 1210. The van der Waals surface area contributed by atoms with E-state index in [2.05, 4.69) is 53.2 Å². The summed E-state index contributed by atoms with van der Waals surface area (Å²) in [5.41, 5.74) is 0.816. The number of sulfonamides is 1. The fourth-order valence-electron chi connectivity index (χ4n) is 6.35. The third-order valence-corrected chi connectivity index (χ3v) is 10.9. The molecule has 5 rings (SSSR count). The number of likely N-dealkylation sites (tertiary alicyclic amines) is 1. The number of nitrogens with one attached hydrogen (secondary N) is 1. The lowest BCUT2D eigenvalue weighted by molar-refractivity contribution is -0.138. The summed E-state index contributed by atoms with van der Waals surface area (Å²) in [5.74, 6) is 0.410. The van der Waals surface area contributed by atoms with Crippen LogP contribution in [-0.2, 0) is 21.4 Å². The molecule has 1 N–H and O–H groups in total. The average Bonchev–Trinajstić information content (AvgIpc) is 3.21. The molecule has 38 heavy (non-hydrogen) atoms. The topological polar surface area (TPSA) is 73.0 Å². The number of piperidine rings is 2. The first-order chi connectivity index (χ1) is 18.2. The molecule has 1 spiro atoms. The van der Waals surface area contributed by atoms with Crippen LogP contribution in [0.3, 0.4) is 0 Å². The molecule has 1 amide bonds. The lowest BCUT2D eigenvalue weighted by Gasteiger charge is -2.49. The van der Waals surface area contributed by atoms with E-state index < -0.39 is 15.7 Å². The molecule has 0 bridgehead atoms. The van der Waals surface area contributed by atoms with Crippen molar-refractivity contribution >= 4 is 27.5 Å². The van der Waals surface area contributed by atoms with Gasteiger partial charge < -0.3 is 4.90 Å². The van der Waals surface area contributed by atoms with Gasteiger partial charge in [-0.1, -0.05) is 62.2 Å². The monoisotopic (exact) mass is 558 g/mol. The van der Waals surface area contributed by atoms with Gasteiger partial charge in [-0.05, 0) is 61.4 Å². The van der Waals surface area contributed by atoms with Crippen molar-refractivity contribution in [2.24, 2.45) is 5.92 Å². The Morgan fingerprint density at radius 1 is 1.00 bits per heavy atom. The number of benzene rings is 2. The molecular formula is C29H39ClN4O3S. The van der Waals surface area contributed by atoms with Crippen LogP contribution in [0, 0.1) is 5.92 Å². The highest BCUT2D eigenvalue weighted by Crippen LogP contribution is 2.39. The second-order valence-corrected chi connectivity index (χ2v) is 13.5. The fourth-order valence-corrected chi connectivity index (χ4v) is 7.91. The van der Waals surface area contributed by atoms with Crippen LogP contribution < -0.4 is 5.32 Å². The highest BCUT2D eigenvalue weighted by molar-refractivity contribution is 7.89. The number of hydrogen-bond acceptors (Lipinski definition) is 5. The first-order valence-corrected chi connectivity index (χ1v) is 15.7. The van der Waals surface area contributed by atoms with Crippen molar-refractivity contribution in [3.8, 4) is 0 Å². The summed E-state index contributed by atoms with van der Waals surface area (Å²) in [6.45, 7) is 7.84. The number of hydrogen-bond donors (Lipinski definition) is 1. The molecule has 3 aliphatic rings. The predicted molar refractivity (Wildman–Crippen MR) is 150 cm³/mol. The molecule has 0 unspecified atom stereocenters. The van der Waals surface area contributed by atoms with E-state index in [1.165, 1.54) is 5.56 Å². The summed E-state index contributed by atoms with van der Waals surface area (Å²) < 4.78 is 28.2. The van der Waals surface area contributed by atoms with Gasteiger partial charge in [0.2, 0.25) is 15.9 Å². The van der Waals surface area contributed by atoms with Crippen LogP contribution in [0.4, 0.5) is 0 Å². The van der Waals surface area contributed by atoms with Gasteiger partial charge in [-0.3, -0.25) is 15.0 Å². The lowest BCUT2D eigenvalue weighted by Crippen LogP contribution is -2.63. The SMILES string of the molecule is CC[C@@H](C)[C@@H]1NC2(CCN(S(=O)(=O)c3ccc(Cl)cc3)CC2)N(C2CCN(Cc3ccccc3)CC2)C1=O. The van der Waals surface area contributed by atoms with Gasteiger partial charge >= 0.3 is 0 Å². The maximum atomic E-state index is 13.9. The van der Waals surface area contributed by atoms with Gasteiger partial charge in [0.25, 0.3) is 0 Å². The maximum Gasteiger partial charge on any atom is 0.243 e. The molecule has 0 aliphatic carbocycles. The van der Waals surface area contributed by atoms with Crippen molar-refractivity contribution in [3.05, 3.63) is 65.2 Å². The normalized spacial score (nSPS) is 24.2. The molecule has 206 valence electrons. The fraction of sp³-hybridized carbons (Fsp3) is 0.552. The zero-order valence-electron chi connectivity index (χ0n) is 22.4. The first kappa shape index (κ1) is 27.6. The number of halogens is 1. The van der Waals surface area contributed by atoms with Crippen molar-refractivity contribution in [2.75, 3.05) is 26.2 Å². The number of carbonyl (C=O) groups excluding carboxylic acids is 1. The summed E-state index contributed by atoms with van der Waals surface area (Å²) in [6, 6.07) is 16.8. The molecule has 9 heteroatoms. The second kappa shape index (κ2) is 11.3. The van der Waals surface area contributed by atoms with E-state index >= 15 is 0 Å². The Morgan fingerprint density at radius 3 is 2.24 bits per heavy atom. The average molecular weight is 559 g/mol. The standard InChI is InChI=1S/C29H39ClN4O3S/c1-3-22(2)27-28(35)34(25-13-17-32(18-14-25)21-23-7-5-4-6-8-23)29(31-27)15-19-33(20-16-29)38(36,37)26-11-9-24(30)10-12-26/h4-12,22,25,27,31H,3,13-21H2,1-2H3/t22-,27+/m1/s1. The van der Waals surface area contributed by atoms with Crippen molar-refractivity contribution in [1.82, 2.24) is 19.4 Å². The molecule has 3 fully saturated rings. The van der Waals surface area contributed by atoms with Crippen LogP contribution in [0.1, 0.15) is 51.5 Å². The zero-order chi connectivity index (χ0) is 26.9. The first-order valence-electron chi connectivity index (χ1n) is 13.9. The Balaban J connectivity index is 1.31. The molecule has 2 atom stereocenters. The molecule has 0 radical (unpaired) electrons. The minimum Gasteiger partial charge on any atom is -0.320 e. The molecule has 0 saturated carbocycles. The van der Waals surface area contributed by atoms with Crippen LogP contribution in [0.15, 0.2) is 59.5 Å². The molecule has 3 heterocycles. The predicted octanol–water partition coefficient (Wildman–Crippen LogP) is 4.33. The van der Waals surface area contributed by atoms with Crippen LogP contribution in [0.2, 0.25) is 5.02 Å². The summed E-state index contributed by atoms with van der Waals surface area (Å²) >= 11 is 5.98. The highest BCUT2D eigenvalue weighted by Gasteiger charge is 2.55. The van der Waals surface area contributed by atoms with Crippen LogP contribution in [-0.4, -0.2) is 72.4 Å². The molecule has 2 aromatic rings. The van der Waals surface area contributed by atoms with Gasteiger partial charge in [-0.2, -0.15) is 4.31 Å². The summed E-state index contributed by atoms with van der Waals surface area (Å²) in [6.07, 6.45) is 3.95. The molecule has 7 nitrogen and oxygen atoms in total. The van der Waals surface area contributed by atoms with E-state index in [0.29, 0.717) is 31.0 Å². The summed E-state index contributed by atoms with van der Waals surface area (Å²) in [4.78, 5) is 18.8. The highest BCUT2D eigenvalue weighted by atomic mass is 35.5. The van der Waals surface area contributed by atoms with Crippen LogP contribution in [0.25, 0.3) is 0 Å². The van der Waals surface area contributed by atoms with Gasteiger partial charge in [0.1, 0.15) is 0 Å². The number of amides is 1. The summed E-state index contributed by atoms with van der Waals surface area (Å²) in [7, 11) is -3.62. The zero-order valence-corrected chi connectivity index (χ0v) is 23.9. The van der Waals surface area contributed by atoms with E-state index in [1.54, 1.807) is 28.6 Å². The van der Waals surface area contributed by atoms with Gasteiger partial charge in [-0.15, -0.1) is 0 Å². The van der Waals surface area contributed by atoms with Crippen LogP contribution in [0.5, 0.6) is 0 Å². The Morgan fingerprint density at radius 2 is 1.63 bits per heavy atom. The second-order valence-electron chi connectivity index (χ2n) is 11.1. The van der Waals surface area contributed by atoms with Gasteiger partial charge in [0, 0.05) is 43.8 Å². The molecule has 3 aliphatic heterocycles. The Hall–Kier alpha value is -1.97. The Labute approximate surface area is 232 Å². The third kappa shape index (κ3) is 5.39. The van der Waals surface area contributed by atoms with Gasteiger partial charge in [0.15, 0.2) is 0 Å². The van der Waals surface area contributed by atoms with E-state index in [9.17, 15) is 13.2 Å². The molecule has 3 saturated heterocycles. The van der Waals surface area contributed by atoms with Crippen molar-refractivity contribution in [2.45, 2.75) is 75.1 Å². The maximum absolute atomic E-state index is 13.9. The number of rotatable bonds is 7. The van der Waals surface area contributed by atoms with Gasteiger partial charge in [-0.25, -0.2) is 8.42 Å². The molecular weight excluding hydrogens is 520 g/mol. The minimum absolute atomic E-state index is 0.163. The van der Waals surface area contributed by atoms with Crippen molar-refractivity contribution < 1.29 is 13.2 Å². The van der Waals surface area contributed by atoms with E-state index in [-0.39, 0.29) is 28.8 Å². The van der Waals surface area contributed by atoms with Gasteiger partial charge in [0.05, 0.1) is 16.6 Å².